The summed E-state index contributed by atoms with van der Waals surface area (Å²) in [6.45, 7) is 18.4. The van der Waals surface area contributed by atoms with E-state index in [1.54, 1.807) is 12.2 Å². The first-order valence-electron chi connectivity index (χ1n) is 17.8. The fourth-order valence-electron chi connectivity index (χ4n) is 6.77. The molecule has 0 saturated carbocycles. The Morgan fingerprint density at radius 3 is 1.56 bits per heavy atom. The van der Waals surface area contributed by atoms with E-state index in [0.29, 0.717) is 112 Å². The van der Waals surface area contributed by atoms with Crippen molar-refractivity contribution in [3.63, 3.8) is 0 Å². The maximum atomic E-state index is 13.4. The number of halogens is 2. The Bertz CT molecular complexity index is 2040. The van der Waals surface area contributed by atoms with E-state index in [1.807, 2.05) is 26.0 Å². The Hall–Kier alpha value is -4.17. The molecule has 0 bridgehead atoms. The van der Waals surface area contributed by atoms with Crippen molar-refractivity contribution >= 4 is 51.1 Å². The first kappa shape index (κ1) is 39.5. The first-order chi connectivity index (χ1) is 26.0. The van der Waals surface area contributed by atoms with Crippen LogP contribution in [0.5, 0.6) is 11.5 Å². The number of allylic oxidation sites excluding steroid dienone is 2. The third kappa shape index (κ3) is 8.54. The minimum absolute atomic E-state index is 0.0317. The van der Waals surface area contributed by atoms with Crippen molar-refractivity contribution in [2.75, 3.05) is 59.2 Å². The Balaban J connectivity index is 1.40. The molecule has 0 aliphatic carbocycles. The van der Waals surface area contributed by atoms with Crippen LogP contribution in [-0.4, -0.2) is 81.3 Å². The smallest absolute Gasteiger partial charge is 0.341 e. The van der Waals surface area contributed by atoms with Crippen molar-refractivity contribution in [3.05, 3.63) is 102 Å². The predicted molar refractivity (Wildman–Crippen MR) is 206 cm³/mol. The molecule has 6 rings (SSSR count). The molecule has 0 amide bonds. The highest BCUT2D eigenvalue weighted by atomic mass is 35.5. The molecule has 2 fully saturated rings. The number of ether oxygens (including phenoxy) is 5. The minimum atomic E-state index is -1.31. The lowest BCUT2D eigenvalue weighted by Crippen LogP contribution is -2.37. The van der Waals surface area contributed by atoms with Gasteiger partial charge in [0.05, 0.1) is 37.6 Å². The summed E-state index contributed by atoms with van der Waals surface area (Å²) in [5.74, 6) is -0.299. The second kappa shape index (κ2) is 17.5. The van der Waals surface area contributed by atoms with Crippen LogP contribution in [0.2, 0.25) is 10.0 Å². The van der Waals surface area contributed by atoms with Gasteiger partial charge in [0.1, 0.15) is 21.5 Å². The van der Waals surface area contributed by atoms with Crippen molar-refractivity contribution in [2.24, 2.45) is 0 Å². The average molecular weight is 784 g/mol. The molecule has 12 nitrogen and oxygen atoms in total. The zero-order chi connectivity index (χ0) is 38.5. The molecule has 0 radical (unpaired) electrons. The van der Waals surface area contributed by atoms with Crippen molar-refractivity contribution in [1.29, 1.82) is 0 Å². The molecular weight excluding hydrogens is 739 g/mol. The van der Waals surface area contributed by atoms with Crippen LogP contribution >= 0.6 is 23.2 Å². The van der Waals surface area contributed by atoms with Gasteiger partial charge in [-0.25, -0.2) is 9.59 Å². The molecule has 2 saturated heterocycles. The highest BCUT2D eigenvalue weighted by molar-refractivity contribution is 6.37. The van der Waals surface area contributed by atoms with E-state index < -0.39 is 23.5 Å². The van der Waals surface area contributed by atoms with Crippen LogP contribution in [0.25, 0.3) is 21.9 Å². The Morgan fingerprint density at radius 2 is 1.19 bits per heavy atom. The number of esters is 1. The van der Waals surface area contributed by atoms with Crippen LogP contribution in [0.15, 0.2) is 55.9 Å². The normalized spacial score (nSPS) is 15.5. The predicted octanol–water partition coefficient (Wildman–Crippen LogP) is 6.29. The third-order valence-electron chi connectivity index (χ3n) is 9.72. The number of morpholine rings is 2. The zero-order valence-corrected chi connectivity index (χ0v) is 32.2. The van der Waals surface area contributed by atoms with Crippen LogP contribution in [0, 0.1) is 13.8 Å². The maximum absolute atomic E-state index is 13.4. The van der Waals surface area contributed by atoms with Crippen LogP contribution in [0.1, 0.15) is 40.3 Å². The topological polar surface area (TPSA) is 130 Å². The third-order valence-corrected chi connectivity index (χ3v) is 10.4. The van der Waals surface area contributed by atoms with Crippen LogP contribution < -0.4 is 20.7 Å². The number of fused-ring (bicyclic) bond motifs is 2. The first-order valence-corrected chi connectivity index (χ1v) is 18.6. The quantitative estimate of drug-likeness (QED) is 0.0617. The van der Waals surface area contributed by atoms with Crippen LogP contribution in [-0.2, 0) is 44.9 Å². The minimum Gasteiger partial charge on any atom is -0.458 e. The molecule has 2 aromatic carbocycles. The summed E-state index contributed by atoms with van der Waals surface area (Å²) in [6.07, 6.45) is 2.73. The lowest BCUT2D eigenvalue weighted by atomic mass is 10.0. The second-order valence-electron chi connectivity index (χ2n) is 13.3. The van der Waals surface area contributed by atoms with E-state index in [1.165, 1.54) is 6.92 Å². The molecule has 0 atom stereocenters. The monoisotopic (exact) mass is 782 g/mol. The van der Waals surface area contributed by atoms with Gasteiger partial charge in [-0.2, -0.15) is 0 Å². The molecule has 4 aromatic rings. The molecule has 2 aromatic heterocycles. The van der Waals surface area contributed by atoms with Gasteiger partial charge in [0, 0.05) is 68.1 Å². The largest absolute Gasteiger partial charge is 0.458 e. The van der Waals surface area contributed by atoms with Crippen LogP contribution in [0.3, 0.4) is 0 Å². The molecule has 54 heavy (non-hydrogen) atoms. The summed E-state index contributed by atoms with van der Waals surface area (Å²) < 4.78 is 40.8. The number of hydrogen-bond acceptors (Lipinski definition) is 12. The Labute approximate surface area is 322 Å². The van der Waals surface area contributed by atoms with Crippen LogP contribution in [0.4, 0.5) is 0 Å². The standard InChI is InChI=1S/C40H44Cl2N2O10/c1-6-8-26-18-28-23(3)30(20-43-10-14-48-15-11-43)39(46)53-37(28)33(41)35(26)51-32(22-50-25(5)45)52-36-27(9-7-2)19-29-24(4)31(21-44-12-16-49-17-13-44)40(47)54-38(29)34(36)42/h6-7,18-19,32H,1-2,8-17,20-22H2,3-5H3. The molecule has 0 spiro atoms. The van der Waals surface area contributed by atoms with Gasteiger partial charge in [-0.1, -0.05) is 35.4 Å². The maximum Gasteiger partial charge on any atom is 0.341 e. The van der Waals surface area contributed by atoms with Gasteiger partial charge in [-0.3, -0.25) is 14.6 Å². The van der Waals surface area contributed by atoms with E-state index in [2.05, 4.69) is 23.0 Å². The number of hydrogen-bond donors (Lipinski definition) is 0. The summed E-state index contributed by atoms with van der Waals surface area (Å²) in [5, 5.41) is 1.36. The summed E-state index contributed by atoms with van der Waals surface area (Å²) in [4.78, 5) is 43.1. The van der Waals surface area contributed by atoms with Gasteiger partial charge in [0.2, 0.25) is 0 Å². The molecule has 14 heteroatoms. The van der Waals surface area contributed by atoms with E-state index in [9.17, 15) is 14.4 Å². The number of aryl methyl sites for hydroxylation is 2. The van der Waals surface area contributed by atoms with E-state index >= 15 is 0 Å². The van der Waals surface area contributed by atoms with Gasteiger partial charge < -0.3 is 32.5 Å². The lowest BCUT2D eigenvalue weighted by Gasteiger charge is -2.27. The average Bonchev–Trinajstić information content (AvgIpc) is 3.15. The van der Waals surface area contributed by atoms with E-state index in [-0.39, 0.29) is 39.3 Å². The zero-order valence-electron chi connectivity index (χ0n) is 30.7. The van der Waals surface area contributed by atoms with Crippen molar-refractivity contribution < 1.29 is 37.3 Å². The lowest BCUT2D eigenvalue weighted by molar-refractivity contribution is -0.149. The van der Waals surface area contributed by atoms with Gasteiger partial charge in [-0.15, -0.1) is 13.2 Å². The van der Waals surface area contributed by atoms with E-state index in [0.717, 1.165) is 11.1 Å². The van der Waals surface area contributed by atoms with Gasteiger partial charge in [0.15, 0.2) is 17.8 Å². The van der Waals surface area contributed by atoms with Gasteiger partial charge >= 0.3 is 17.2 Å². The molecule has 2 aliphatic heterocycles. The molecule has 0 N–H and O–H groups in total. The molecule has 0 unspecified atom stereocenters. The number of rotatable bonds is 14. The van der Waals surface area contributed by atoms with Gasteiger partial charge in [-0.05, 0) is 49.9 Å². The number of carbonyl (C=O) groups excluding carboxylic acids is 1. The number of carbonyl (C=O) groups is 1. The van der Waals surface area contributed by atoms with Crippen molar-refractivity contribution in [3.8, 4) is 11.5 Å². The van der Waals surface area contributed by atoms with Gasteiger partial charge in [0.25, 0.3) is 6.29 Å². The van der Waals surface area contributed by atoms with E-state index in [4.69, 9.17) is 55.7 Å². The number of benzene rings is 2. The second-order valence-corrected chi connectivity index (χ2v) is 14.1. The van der Waals surface area contributed by atoms with Crippen molar-refractivity contribution in [2.45, 2.75) is 53.0 Å². The highest BCUT2D eigenvalue weighted by Gasteiger charge is 2.28. The number of nitrogens with zero attached hydrogens (tertiary/aromatic N) is 2. The molecule has 4 heterocycles. The Morgan fingerprint density at radius 1 is 0.778 bits per heavy atom. The molecular formula is C40H44Cl2N2O10. The SMILES string of the molecule is C=CCc1cc2c(C)c(CN3CCOCC3)c(=O)oc2c(Cl)c1OC(COC(C)=O)Oc1c(CC=C)cc2c(C)c(CN3CCOCC3)c(=O)oc2c1Cl. The fraction of sp³-hybridized carbons (Fsp3) is 0.425. The summed E-state index contributed by atoms with van der Waals surface area (Å²) in [6, 6.07) is 3.70. The van der Waals surface area contributed by atoms with Crippen molar-refractivity contribution in [1.82, 2.24) is 9.80 Å². The molecule has 288 valence electrons. The Kier molecular flexibility index (Phi) is 12.8. The summed E-state index contributed by atoms with van der Waals surface area (Å²) in [7, 11) is 0. The molecule has 2 aliphatic rings. The summed E-state index contributed by atoms with van der Waals surface area (Å²) in [5.41, 5.74) is 3.05. The summed E-state index contributed by atoms with van der Waals surface area (Å²) >= 11 is 14.0. The fourth-order valence-corrected chi connectivity index (χ4v) is 7.39. The highest BCUT2D eigenvalue weighted by Crippen LogP contribution is 2.42.